The fourth-order valence-electron chi connectivity index (χ4n) is 1.39. The standard InChI is InChI=1S/C10H11NO6/c1-16-8-3-6(5-11(14)15)7(10(12)13)4-9(8)17-2/h3-4H,5H2,1-2H3,(H,12,13). The van der Waals surface area contributed by atoms with Crippen LogP contribution < -0.4 is 9.47 Å². The first-order chi connectivity index (χ1) is 7.99. The molecule has 1 aromatic carbocycles. The van der Waals surface area contributed by atoms with Crippen LogP contribution in [-0.2, 0) is 6.54 Å². The van der Waals surface area contributed by atoms with Gasteiger partial charge in [0.2, 0.25) is 6.54 Å². The van der Waals surface area contributed by atoms with Crippen molar-refractivity contribution in [2.45, 2.75) is 6.54 Å². The highest BCUT2D eigenvalue weighted by molar-refractivity contribution is 5.90. The van der Waals surface area contributed by atoms with Crippen molar-refractivity contribution in [2.24, 2.45) is 0 Å². The number of carbonyl (C=O) groups is 1. The van der Waals surface area contributed by atoms with E-state index in [1.165, 1.54) is 26.4 Å². The molecule has 0 fully saturated rings. The molecule has 1 rings (SSSR count). The third-order valence-corrected chi connectivity index (χ3v) is 2.14. The van der Waals surface area contributed by atoms with E-state index in [4.69, 9.17) is 14.6 Å². The van der Waals surface area contributed by atoms with Gasteiger partial charge in [-0.05, 0) is 12.1 Å². The third-order valence-electron chi connectivity index (χ3n) is 2.14. The summed E-state index contributed by atoms with van der Waals surface area (Å²) in [5, 5.41) is 19.4. The van der Waals surface area contributed by atoms with Gasteiger partial charge in [0.1, 0.15) is 0 Å². The van der Waals surface area contributed by atoms with E-state index in [9.17, 15) is 14.9 Å². The molecular formula is C10H11NO6. The van der Waals surface area contributed by atoms with E-state index in [1.54, 1.807) is 0 Å². The molecule has 0 amide bonds. The van der Waals surface area contributed by atoms with E-state index in [-0.39, 0.29) is 22.6 Å². The topological polar surface area (TPSA) is 98.9 Å². The summed E-state index contributed by atoms with van der Waals surface area (Å²) >= 11 is 0. The smallest absolute Gasteiger partial charge is 0.336 e. The summed E-state index contributed by atoms with van der Waals surface area (Å²) in [6.45, 7) is -0.581. The minimum Gasteiger partial charge on any atom is -0.493 e. The zero-order valence-electron chi connectivity index (χ0n) is 9.30. The Kier molecular flexibility index (Phi) is 3.86. The quantitative estimate of drug-likeness (QED) is 0.613. The molecule has 7 nitrogen and oxygen atoms in total. The molecule has 0 saturated heterocycles. The summed E-state index contributed by atoms with van der Waals surface area (Å²) in [6, 6.07) is 2.51. The van der Waals surface area contributed by atoms with Gasteiger partial charge in [-0.1, -0.05) is 0 Å². The Morgan fingerprint density at radius 3 is 2.29 bits per heavy atom. The Balaban J connectivity index is 3.34. The summed E-state index contributed by atoms with van der Waals surface area (Å²) < 4.78 is 9.88. The number of aromatic carboxylic acids is 1. The third kappa shape index (κ3) is 2.83. The lowest BCUT2D eigenvalue weighted by atomic mass is 10.1. The second-order valence-corrected chi connectivity index (χ2v) is 3.16. The van der Waals surface area contributed by atoms with E-state index in [0.29, 0.717) is 0 Å². The van der Waals surface area contributed by atoms with Crippen molar-refractivity contribution in [1.29, 1.82) is 0 Å². The molecule has 92 valence electrons. The van der Waals surface area contributed by atoms with E-state index in [0.717, 1.165) is 0 Å². The number of hydrogen-bond donors (Lipinski definition) is 1. The Labute approximate surface area is 96.7 Å². The second-order valence-electron chi connectivity index (χ2n) is 3.16. The molecule has 0 bridgehead atoms. The first-order valence-electron chi connectivity index (χ1n) is 4.59. The van der Waals surface area contributed by atoms with Crippen LogP contribution in [0.2, 0.25) is 0 Å². The molecule has 1 aromatic rings. The molecule has 7 heteroatoms. The Hall–Kier alpha value is -2.31. The molecule has 0 unspecified atom stereocenters. The maximum Gasteiger partial charge on any atom is 0.336 e. The summed E-state index contributed by atoms with van der Waals surface area (Å²) in [4.78, 5) is 20.8. The predicted octanol–water partition coefficient (Wildman–Crippen LogP) is 1.18. The van der Waals surface area contributed by atoms with Gasteiger partial charge < -0.3 is 14.6 Å². The number of nitrogens with zero attached hydrogens (tertiary/aromatic N) is 1. The van der Waals surface area contributed by atoms with Crippen molar-refractivity contribution >= 4 is 5.97 Å². The molecule has 0 spiro atoms. The zero-order chi connectivity index (χ0) is 13.0. The number of rotatable bonds is 5. The van der Waals surface area contributed by atoms with Crippen LogP contribution in [0.15, 0.2) is 12.1 Å². The highest BCUT2D eigenvalue weighted by Gasteiger charge is 2.19. The lowest BCUT2D eigenvalue weighted by Crippen LogP contribution is -2.08. The fraction of sp³-hybridized carbons (Fsp3) is 0.300. The zero-order valence-corrected chi connectivity index (χ0v) is 9.30. The maximum absolute atomic E-state index is 11.0. The number of nitro groups is 1. The van der Waals surface area contributed by atoms with Crippen molar-refractivity contribution < 1.29 is 24.3 Å². The van der Waals surface area contributed by atoms with Gasteiger partial charge >= 0.3 is 5.97 Å². The minimum absolute atomic E-state index is 0.0696. The molecule has 0 atom stereocenters. The molecule has 0 saturated carbocycles. The summed E-state index contributed by atoms with van der Waals surface area (Å²) in [7, 11) is 2.73. The van der Waals surface area contributed by atoms with Gasteiger partial charge in [-0.15, -0.1) is 0 Å². The van der Waals surface area contributed by atoms with Crippen LogP contribution in [0.4, 0.5) is 0 Å². The van der Waals surface area contributed by atoms with Gasteiger partial charge in [-0.2, -0.15) is 0 Å². The molecule has 0 radical (unpaired) electrons. The van der Waals surface area contributed by atoms with Crippen molar-refractivity contribution in [3.05, 3.63) is 33.4 Å². The maximum atomic E-state index is 11.0. The Morgan fingerprint density at radius 2 is 1.88 bits per heavy atom. The molecule has 0 aromatic heterocycles. The first-order valence-corrected chi connectivity index (χ1v) is 4.59. The van der Waals surface area contributed by atoms with Gasteiger partial charge in [0.15, 0.2) is 11.5 Å². The first kappa shape index (κ1) is 12.8. The summed E-state index contributed by atoms with van der Waals surface area (Å²) in [5.74, 6) is -0.769. The SMILES string of the molecule is COc1cc(C[N+](=O)[O-])c(C(=O)O)cc1OC. The number of carboxylic acid groups (broad SMARTS) is 1. The average Bonchev–Trinajstić information content (AvgIpc) is 2.27. The van der Waals surface area contributed by atoms with Crippen molar-refractivity contribution in [1.82, 2.24) is 0 Å². The lowest BCUT2D eigenvalue weighted by molar-refractivity contribution is -0.496. The Bertz CT molecular complexity index is 456. The van der Waals surface area contributed by atoms with Crippen LogP contribution >= 0.6 is 0 Å². The van der Waals surface area contributed by atoms with Gasteiger partial charge in [0, 0.05) is 10.5 Å². The number of carboxylic acids is 1. The van der Waals surface area contributed by atoms with Crippen LogP contribution in [-0.4, -0.2) is 30.2 Å². The molecule has 0 heterocycles. The monoisotopic (exact) mass is 241 g/mol. The lowest BCUT2D eigenvalue weighted by Gasteiger charge is -2.10. The van der Waals surface area contributed by atoms with E-state index in [2.05, 4.69) is 0 Å². The molecule has 0 aliphatic carbocycles. The average molecular weight is 241 g/mol. The minimum atomic E-state index is -1.25. The number of ether oxygens (including phenoxy) is 2. The largest absolute Gasteiger partial charge is 0.493 e. The highest BCUT2D eigenvalue weighted by atomic mass is 16.6. The second kappa shape index (κ2) is 5.15. The van der Waals surface area contributed by atoms with Crippen LogP contribution in [0, 0.1) is 10.1 Å². The van der Waals surface area contributed by atoms with E-state index >= 15 is 0 Å². The Morgan fingerprint density at radius 1 is 1.35 bits per heavy atom. The van der Waals surface area contributed by atoms with Crippen LogP contribution in [0.25, 0.3) is 0 Å². The predicted molar refractivity (Wildman–Crippen MR) is 57.2 cm³/mol. The van der Waals surface area contributed by atoms with Gasteiger partial charge in [0.25, 0.3) is 0 Å². The number of benzene rings is 1. The van der Waals surface area contributed by atoms with Crippen molar-refractivity contribution in [2.75, 3.05) is 14.2 Å². The van der Waals surface area contributed by atoms with E-state index in [1.807, 2.05) is 0 Å². The van der Waals surface area contributed by atoms with Gasteiger partial charge in [-0.3, -0.25) is 10.1 Å². The molecule has 1 N–H and O–H groups in total. The molecule has 0 aliphatic heterocycles. The summed E-state index contributed by atoms with van der Waals surface area (Å²) in [5.41, 5.74) is -0.0977. The fourth-order valence-corrected chi connectivity index (χ4v) is 1.39. The molecule has 0 aliphatic rings. The van der Waals surface area contributed by atoms with Crippen molar-refractivity contribution in [3.8, 4) is 11.5 Å². The highest BCUT2D eigenvalue weighted by Crippen LogP contribution is 2.30. The van der Waals surface area contributed by atoms with Crippen LogP contribution in [0.1, 0.15) is 15.9 Å². The van der Waals surface area contributed by atoms with Gasteiger partial charge in [0.05, 0.1) is 19.8 Å². The molecular weight excluding hydrogens is 230 g/mol. The van der Waals surface area contributed by atoms with E-state index < -0.39 is 17.4 Å². The molecule has 17 heavy (non-hydrogen) atoms. The summed E-state index contributed by atoms with van der Waals surface area (Å²) in [6.07, 6.45) is 0. The van der Waals surface area contributed by atoms with Crippen LogP contribution in [0.5, 0.6) is 11.5 Å². The number of methoxy groups -OCH3 is 2. The van der Waals surface area contributed by atoms with Gasteiger partial charge in [-0.25, -0.2) is 4.79 Å². The van der Waals surface area contributed by atoms with Crippen LogP contribution in [0.3, 0.4) is 0 Å². The number of hydrogen-bond acceptors (Lipinski definition) is 5. The van der Waals surface area contributed by atoms with Crippen molar-refractivity contribution in [3.63, 3.8) is 0 Å². The normalized spacial score (nSPS) is 9.76.